The maximum atomic E-state index is 13.4. The SMILES string of the molecule is CCN1CCN([C@@H](c2cc3c(C)cc(C)cc3[nH]c2=O)c2nnnn2C[C@H]2CCCO2)CC1. The van der Waals surface area contributed by atoms with Gasteiger partial charge in [0.15, 0.2) is 5.82 Å². The van der Waals surface area contributed by atoms with Crippen molar-refractivity contribution in [3.05, 3.63) is 51.1 Å². The average molecular weight is 452 g/mol. The van der Waals surface area contributed by atoms with Crippen LogP contribution in [0.1, 0.15) is 48.3 Å². The molecule has 0 saturated carbocycles. The van der Waals surface area contributed by atoms with Gasteiger partial charge in [0, 0.05) is 49.3 Å². The predicted molar refractivity (Wildman–Crippen MR) is 126 cm³/mol. The van der Waals surface area contributed by atoms with Crippen molar-refractivity contribution in [3.63, 3.8) is 0 Å². The third kappa shape index (κ3) is 4.45. The molecule has 9 nitrogen and oxygen atoms in total. The molecule has 2 saturated heterocycles. The highest BCUT2D eigenvalue weighted by atomic mass is 16.5. The second kappa shape index (κ2) is 9.32. The maximum absolute atomic E-state index is 13.4. The molecule has 9 heteroatoms. The van der Waals surface area contributed by atoms with E-state index in [0.29, 0.717) is 17.9 Å². The lowest BCUT2D eigenvalue weighted by atomic mass is 9.99. The van der Waals surface area contributed by atoms with Gasteiger partial charge >= 0.3 is 0 Å². The standard InChI is InChI=1S/C24H33N7O2/c1-4-29-7-9-30(10-8-29)22(23-26-27-28-31(23)15-18-6-5-11-33-18)20-14-19-17(3)12-16(2)13-21(19)25-24(20)32/h12-14,18,22H,4-11,15H2,1-3H3,(H,25,32)/t18-,22+/m1/s1. The third-order valence-electron chi connectivity index (χ3n) is 7.06. The van der Waals surface area contributed by atoms with E-state index < -0.39 is 0 Å². The molecule has 2 fully saturated rings. The number of aromatic amines is 1. The number of hydrogen-bond donors (Lipinski definition) is 1. The van der Waals surface area contributed by atoms with Gasteiger partial charge < -0.3 is 14.6 Å². The molecule has 1 N–H and O–H groups in total. The highest BCUT2D eigenvalue weighted by Gasteiger charge is 2.33. The molecule has 2 aliphatic rings. The van der Waals surface area contributed by atoms with Crippen molar-refractivity contribution in [3.8, 4) is 0 Å². The second-order valence-electron chi connectivity index (χ2n) is 9.32. The Hall–Kier alpha value is -2.62. The van der Waals surface area contributed by atoms with E-state index in [9.17, 15) is 4.79 Å². The van der Waals surface area contributed by atoms with Crippen molar-refractivity contribution in [2.45, 2.75) is 52.3 Å². The van der Waals surface area contributed by atoms with E-state index in [0.717, 1.165) is 74.2 Å². The number of ether oxygens (including phenoxy) is 1. The Labute approximate surface area is 193 Å². The summed E-state index contributed by atoms with van der Waals surface area (Å²) in [5, 5.41) is 13.8. The summed E-state index contributed by atoms with van der Waals surface area (Å²) in [4.78, 5) is 21.3. The predicted octanol–water partition coefficient (Wildman–Crippen LogP) is 2.04. The number of likely N-dealkylation sites (N-methyl/N-ethyl adjacent to an activating group) is 1. The maximum Gasteiger partial charge on any atom is 0.253 e. The van der Waals surface area contributed by atoms with E-state index in [1.807, 2.05) is 23.7 Å². The summed E-state index contributed by atoms with van der Waals surface area (Å²) in [5.74, 6) is 0.713. The zero-order valence-electron chi connectivity index (χ0n) is 19.8. The van der Waals surface area contributed by atoms with Crippen LogP contribution < -0.4 is 5.56 Å². The number of nitrogens with one attached hydrogen (secondary N) is 1. The topological polar surface area (TPSA) is 92.2 Å². The summed E-state index contributed by atoms with van der Waals surface area (Å²) < 4.78 is 7.69. The number of nitrogens with zero attached hydrogens (tertiary/aromatic N) is 6. The molecule has 0 aliphatic carbocycles. The largest absolute Gasteiger partial charge is 0.376 e. The molecule has 0 bridgehead atoms. The molecule has 2 aromatic heterocycles. The van der Waals surface area contributed by atoms with Crippen molar-refractivity contribution >= 4 is 10.9 Å². The number of tetrazole rings is 1. The van der Waals surface area contributed by atoms with Gasteiger partial charge in [-0.15, -0.1) is 5.10 Å². The van der Waals surface area contributed by atoms with Gasteiger partial charge in [-0.05, 0) is 66.9 Å². The number of pyridine rings is 1. The molecule has 1 aromatic carbocycles. The molecule has 0 amide bonds. The Morgan fingerprint density at radius 2 is 2.00 bits per heavy atom. The molecule has 4 heterocycles. The molecule has 0 unspecified atom stereocenters. The number of fused-ring (bicyclic) bond motifs is 1. The minimum absolute atomic E-state index is 0.0814. The lowest BCUT2D eigenvalue weighted by Gasteiger charge is -2.38. The summed E-state index contributed by atoms with van der Waals surface area (Å²) in [5.41, 5.74) is 3.77. The summed E-state index contributed by atoms with van der Waals surface area (Å²) in [6, 6.07) is 5.92. The number of hydrogen-bond acceptors (Lipinski definition) is 7. The average Bonchev–Trinajstić information content (AvgIpc) is 3.48. The number of piperazine rings is 1. The van der Waals surface area contributed by atoms with Crippen molar-refractivity contribution in [2.24, 2.45) is 0 Å². The molecule has 0 spiro atoms. The highest BCUT2D eigenvalue weighted by molar-refractivity contribution is 5.83. The number of rotatable bonds is 6. The minimum Gasteiger partial charge on any atom is -0.376 e. The fraction of sp³-hybridized carbons (Fsp3) is 0.583. The van der Waals surface area contributed by atoms with E-state index >= 15 is 0 Å². The van der Waals surface area contributed by atoms with Crippen molar-refractivity contribution in [1.82, 2.24) is 35.0 Å². The first-order valence-corrected chi connectivity index (χ1v) is 12.0. The van der Waals surface area contributed by atoms with Gasteiger partial charge in [-0.2, -0.15) is 0 Å². The zero-order valence-corrected chi connectivity index (χ0v) is 19.8. The smallest absolute Gasteiger partial charge is 0.253 e. The molecule has 3 aromatic rings. The summed E-state index contributed by atoms with van der Waals surface area (Å²) in [6.07, 6.45) is 2.19. The molecule has 33 heavy (non-hydrogen) atoms. The van der Waals surface area contributed by atoms with Crippen LogP contribution in [0.3, 0.4) is 0 Å². The van der Waals surface area contributed by atoms with Gasteiger partial charge in [0.25, 0.3) is 5.56 Å². The van der Waals surface area contributed by atoms with Crippen LogP contribution in [0.4, 0.5) is 0 Å². The van der Waals surface area contributed by atoms with E-state index in [1.165, 1.54) is 0 Å². The van der Waals surface area contributed by atoms with Crippen LogP contribution in [0.15, 0.2) is 23.0 Å². The minimum atomic E-state index is -0.311. The van der Waals surface area contributed by atoms with Gasteiger partial charge in [0.05, 0.1) is 12.6 Å². The normalized spacial score (nSPS) is 21.1. The molecule has 2 atom stereocenters. The van der Waals surface area contributed by atoms with Crippen LogP contribution in [-0.2, 0) is 11.3 Å². The van der Waals surface area contributed by atoms with Crippen molar-refractivity contribution in [1.29, 1.82) is 0 Å². The lowest BCUT2D eigenvalue weighted by Crippen LogP contribution is -2.49. The number of H-pyrrole nitrogens is 1. The Bertz CT molecular complexity index is 1170. The van der Waals surface area contributed by atoms with E-state index in [-0.39, 0.29) is 17.7 Å². The van der Waals surface area contributed by atoms with Crippen molar-refractivity contribution in [2.75, 3.05) is 39.3 Å². The quantitative estimate of drug-likeness (QED) is 0.613. The molecular weight excluding hydrogens is 418 g/mol. The molecule has 5 rings (SSSR count). The van der Waals surface area contributed by atoms with Crippen molar-refractivity contribution < 1.29 is 4.74 Å². The van der Waals surface area contributed by atoms with Gasteiger partial charge in [-0.3, -0.25) is 9.69 Å². The van der Waals surface area contributed by atoms with E-state index in [1.54, 1.807) is 0 Å². The fourth-order valence-electron chi connectivity index (χ4n) is 5.25. The lowest BCUT2D eigenvalue weighted by molar-refractivity contribution is 0.0860. The number of aryl methyl sites for hydroxylation is 2. The first-order chi connectivity index (χ1) is 16.0. The Morgan fingerprint density at radius 3 is 2.73 bits per heavy atom. The first kappa shape index (κ1) is 22.2. The van der Waals surface area contributed by atoms with Gasteiger partial charge in [0.2, 0.25) is 0 Å². The van der Waals surface area contributed by atoms with Crippen LogP contribution in [0.2, 0.25) is 0 Å². The summed E-state index contributed by atoms with van der Waals surface area (Å²) >= 11 is 0. The number of benzene rings is 1. The van der Waals surface area contributed by atoms with Crippen LogP contribution in [0, 0.1) is 13.8 Å². The fourth-order valence-corrected chi connectivity index (χ4v) is 5.25. The van der Waals surface area contributed by atoms with Crippen LogP contribution >= 0.6 is 0 Å². The Balaban J connectivity index is 1.59. The van der Waals surface area contributed by atoms with Gasteiger partial charge in [-0.1, -0.05) is 13.0 Å². The second-order valence-corrected chi connectivity index (χ2v) is 9.32. The van der Waals surface area contributed by atoms with Crippen LogP contribution in [0.25, 0.3) is 10.9 Å². The third-order valence-corrected chi connectivity index (χ3v) is 7.06. The zero-order chi connectivity index (χ0) is 22.9. The number of aromatic nitrogens is 5. The Morgan fingerprint density at radius 1 is 1.18 bits per heavy atom. The monoisotopic (exact) mass is 451 g/mol. The molecular formula is C24H33N7O2. The van der Waals surface area contributed by atoms with Crippen LogP contribution in [0.5, 0.6) is 0 Å². The molecule has 2 aliphatic heterocycles. The molecule has 176 valence electrons. The first-order valence-electron chi connectivity index (χ1n) is 12.0. The highest BCUT2D eigenvalue weighted by Crippen LogP contribution is 2.29. The van der Waals surface area contributed by atoms with E-state index in [4.69, 9.17) is 4.74 Å². The Kier molecular flexibility index (Phi) is 6.27. The molecule has 0 radical (unpaired) electrons. The van der Waals surface area contributed by atoms with Crippen LogP contribution in [-0.4, -0.2) is 80.4 Å². The van der Waals surface area contributed by atoms with Gasteiger partial charge in [0.1, 0.15) is 6.04 Å². The summed E-state index contributed by atoms with van der Waals surface area (Å²) in [7, 11) is 0. The summed E-state index contributed by atoms with van der Waals surface area (Å²) in [6.45, 7) is 12.4. The van der Waals surface area contributed by atoms with E-state index in [2.05, 4.69) is 50.2 Å². The van der Waals surface area contributed by atoms with Gasteiger partial charge in [-0.25, -0.2) is 4.68 Å².